The van der Waals surface area contributed by atoms with Gasteiger partial charge in [0, 0.05) is 6.54 Å². The van der Waals surface area contributed by atoms with Crippen LogP contribution in [0.2, 0.25) is 5.15 Å². The average molecular weight is 328 g/mol. The number of carbonyl (C=O) groups is 1. The summed E-state index contributed by atoms with van der Waals surface area (Å²) in [5.74, 6) is 0.710. The number of nitrogens with two attached hydrogens (primary N) is 1. The molecule has 1 amide bonds. The maximum absolute atomic E-state index is 12.2. The van der Waals surface area contributed by atoms with E-state index in [2.05, 4.69) is 15.4 Å². The summed E-state index contributed by atoms with van der Waals surface area (Å²) >= 11 is 5.87. The molecule has 1 fully saturated rings. The normalized spacial score (nSPS) is 14.3. The number of nitrogen functional groups attached to an aromatic ring is 1. The van der Waals surface area contributed by atoms with Crippen molar-refractivity contribution in [1.82, 2.24) is 15.0 Å². The fourth-order valence-electron chi connectivity index (χ4n) is 2.03. The van der Waals surface area contributed by atoms with Gasteiger partial charge in [-0.2, -0.15) is 4.98 Å². The molecule has 1 aromatic heterocycles. The fourth-order valence-corrected chi connectivity index (χ4v) is 2.15. The van der Waals surface area contributed by atoms with Crippen molar-refractivity contribution in [2.75, 3.05) is 24.3 Å². The van der Waals surface area contributed by atoms with E-state index >= 15 is 0 Å². The van der Waals surface area contributed by atoms with E-state index in [1.807, 2.05) is 6.92 Å². The molecule has 1 aromatic rings. The number of rotatable bonds is 7. The Morgan fingerprint density at radius 2 is 2.36 bits per heavy atom. The number of hydrogen-bond donors (Lipinski definition) is 2. The Morgan fingerprint density at radius 3 is 2.95 bits per heavy atom. The number of anilines is 2. The summed E-state index contributed by atoms with van der Waals surface area (Å²) in [6.07, 6.45) is 6.23. The maximum Gasteiger partial charge on any atom is 0.428 e. The molecule has 0 spiro atoms. The molecule has 0 atom stereocenters. The van der Waals surface area contributed by atoms with Crippen molar-refractivity contribution in [2.45, 2.75) is 39.0 Å². The Balaban J connectivity index is 1.98. The highest BCUT2D eigenvalue weighted by Gasteiger charge is 2.25. The number of carbonyl (C=O) groups excluding carboxylic acids is 1. The van der Waals surface area contributed by atoms with E-state index in [-0.39, 0.29) is 11.1 Å². The van der Waals surface area contributed by atoms with Crippen molar-refractivity contribution in [3.05, 3.63) is 11.3 Å². The molecule has 1 aliphatic rings. The molecule has 3 N–H and O–H groups in total. The summed E-state index contributed by atoms with van der Waals surface area (Å²) in [6, 6.07) is 0. The summed E-state index contributed by atoms with van der Waals surface area (Å²) in [5.41, 5.74) is 8.75. The maximum atomic E-state index is 12.2. The van der Waals surface area contributed by atoms with Gasteiger partial charge < -0.3 is 10.5 Å². The standard InChI is InChI=1S/C14H22ClN5O2/c1-2-3-7-22-14(21)20(9-10-5-4-6-10)19-13-17-8-11(16)12(15)18-13/h8,10H,2-7,9,16H2,1H3,(H,17,18,19). The second kappa shape index (κ2) is 8.03. The van der Waals surface area contributed by atoms with E-state index in [1.54, 1.807) is 0 Å². The smallest absolute Gasteiger partial charge is 0.428 e. The third-order valence-corrected chi connectivity index (χ3v) is 3.92. The molecule has 22 heavy (non-hydrogen) atoms. The van der Waals surface area contributed by atoms with Crippen LogP contribution in [0.4, 0.5) is 16.4 Å². The molecule has 1 saturated carbocycles. The zero-order valence-corrected chi connectivity index (χ0v) is 13.5. The number of ether oxygens (including phenoxy) is 1. The third-order valence-electron chi connectivity index (χ3n) is 3.61. The highest BCUT2D eigenvalue weighted by atomic mass is 35.5. The van der Waals surface area contributed by atoms with Gasteiger partial charge in [-0.05, 0) is 25.2 Å². The first-order valence-corrected chi connectivity index (χ1v) is 7.97. The van der Waals surface area contributed by atoms with Gasteiger partial charge in [0.2, 0.25) is 5.95 Å². The van der Waals surface area contributed by atoms with Crippen molar-refractivity contribution in [3.63, 3.8) is 0 Å². The van der Waals surface area contributed by atoms with Crippen LogP contribution in [-0.2, 0) is 4.74 Å². The highest BCUT2D eigenvalue weighted by molar-refractivity contribution is 6.31. The third kappa shape index (κ3) is 4.62. The lowest BCUT2D eigenvalue weighted by Gasteiger charge is -2.31. The number of amides is 1. The lowest BCUT2D eigenvalue weighted by Crippen LogP contribution is -2.42. The Bertz CT molecular complexity index is 510. The first-order chi connectivity index (χ1) is 10.6. The minimum atomic E-state index is -0.420. The van der Waals surface area contributed by atoms with Gasteiger partial charge in [-0.3, -0.25) is 5.43 Å². The van der Waals surface area contributed by atoms with Crippen LogP contribution >= 0.6 is 11.6 Å². The van der Waals surface area contributed by atoms with E-state index in [0.29, 0.717) is 24.8 Å². The van der Waals surface area contributed by atoms with Crippen molar-refractivity contribution in [2.24, 2.45) is 5.92 Å². The SMILES string of the molecule is CCCCOC(=O)N(CC1CCC1)Nc1ncc(N)c(Cl)n1. The van der Waals surface area contributed by atoms with E-state index in [4.69, 9.17) is 22.1 Å². The fraction of sp³-hybridized carbons (Fsp3) is 0.643. The molecular weight excluding hydrogens is 306 g/mol. The minimum Gasteiger partial charge on any atom is -0.448 e. The zero-order valence-electron chi connectivity index (χ0n) is 12.7. The number of aromatic nitrogens is 2. The van der Waals surface area contributed by atoms with Crippen molar-refractivity contribution in [3.8, 4) is 0 Å². The number of nitrogens with one attached hydrogen (secondary N) is 1. The molecule has 0 saturated heterocycles. The average Bonchev–Trinajstić information content (AvgIpc) is 2.45. The second-order valence-corrected chi connectivity index (χ2v) is 5.79. The van der Waals surface area contributed by atoms with Crippen LogP contribution in [-0.4, -0.2) is 34.2 Å². The molecule has 1 heterocycles. The van der Waals surface area contributed by atoms with Gasteiger partial charge in [0.25, 0.3) is 0 Å². The van der Waals surface area contributed by atoms with Gasteiger partial charge in [-0.1, -0.05) is 31.4 Å². The van der Waals surface area contributed by atoms with Crippen LogP contribution in [0.1, 0.15) is 39.0 Å². The molecule has 0 unspecified atom stereocenters. The van der Waals surface area contributed by atoms with Crippen LogP contribution in [0.25, 0.3) is 0 Å². The highest BCUT2D eigenvalue weighted by Crippen LogP contribution is 2.27. The van der Waals surface area contributed by atoms with Gasteiger partial charge >= 0.3 is 6.09 Å². The lowest BCUT2D eigenvalue weighted by molar-refractivity contribution is 0.0967. The minimum absolute atomic E-state index is 0.153. The predicted molar refractivity (Wildman–Crippen MR) is 85.4 cm³/mol. The molecule has 0 radical (unpaired) electrons. The van der Waals surface area contributed by atoms with E-state index in [1.165, 1.54) is 17.6 Å². The van der Waals surface area contributed by atoms with Crippen LogP contribution in [0, 0.1) is 5.92 Å². The van der Waals surface area contributed by atoms with E-state index < -0.39 is 6.09 Å². The van der Waals surface area contributed by atoms with Crippen LogP contribution in [0.15, 0.2) is 6.20 Å². The topological polar surface area (TPSA) is 93.4 Å². The summed E-state index contributed by atoms with van der Waals surface area (Å²) < 4.78 is 5.25. The Morgan fingerprint density at radius 1 is 1.59 bits per heavy atom. The van der Waals surface area contributed by atoms with Gasteiger partial charge in [0.05, 0.1) is 18.5 Å². The lowest BCUT2D eigenvalue weighted by atomic mass is 9.85. The van der Waals surface area contributed by atoms with Crippen LogP contribution in [0.3, 0.4) is 0 Å². The quantitative estimate of drug-likeness (QED) is 0.454. The number of halogens is 1. The van der Waals surface area contributed by atoms with Gasteiger partial charge in [-0.15, -0.1) is 0 Å². The van der Waals surface area contributed by atoms with E-state index in [9.17, 15) is 4.79 Å². The molecule has 8 heteroatoms. The monoisotopic (exact) mass is 327 g/mol. The van der Waals surface area contributed by atoms with Crippen LogP contribution < -0.4 is 11.2 Å². The van der Waals surface area contributed by atoms with Crippen molar-refractivity contribution in [1.29, 1.82) is 0 Å². The second-order valence-electron chi connectivity index (χ2n) is 5.43. The first-order valence-electron chi connectivity index (χ1n) is 7.59. The molecule has 122 valence electrons. The van der Waals surface area contributed by atoms with Gasteiger partial charge in [0.15, 0.2) is 5.15 Å². The van der Waals surface area contributed by atoms with Crippen molar-refractivity contribution >= 4 is 29.3 Å². The first kappa shape index (κ1) is 16.6. The predicted octanol–water partition coefficient (Wildman–Crippen LogP) is 3.08. The molecule has 1 aliphatic carbocycles. The number of nitrogens with zero attached hydrogens (tertiary/aromatic N) is 3. The summed E-state index contributed by atoms with van der Waals surface area (Å²) in [4.78, 5) is 20.2. The number of hydrogen-bond acceptors (Lipinski definition) is 6. The molecule has 2 rings (SSSR count). The largest absolute Gasteiger partial charge is 0.448 e. The number of hydrazine groups is 1. The van der Waals surface area contributed by atoms with Gasteiger partial charge in [0.1, 0.15) is 0 Å². The molecule has 7 nitrogen and oxygen atoms in total. The Labute approximate surface area is 135 Å². The van der Waals surface area contributed by atoms with Gasteiger partial charge in [-0.25, -0.2) is 14.8 Å². The van der Waals surface area contributed by atoms with Crippen molar-refractivity contribution < 1.29 is 9.53 Å². The molecule has 0 aromatic carbocycles. The van der Waals surface area contributed by atoms with Crippen LogP contribution in [0.5, 0.6) is 0 Å². The summed E-state index contributed by atoms with van der Waals surface area (Å²) in [6.45, 7) is 3.01. The molecule has 0 bridgehead atoms. The molecule has 0 aliphatic heterocycles. The Hall–Kier alpha value is -1.76. The zero-order chi connectivity index (χ0) is 15.9. The summed E-state index contributed by atoms with van der Waals surface area (Å²) in [7, 11) is 0. The summed E-state index contributed by atoms with van der Waals surface area (Å²) in [5, 5.41) is 1.57. The number of unbranched alkanes of at least 4 members (excludes halogenated alkanes) is 1. The molecular formula is C14H22ClN5O2. The van der Waals surface area contributed by atoms with E-state index in [0.717, 1.165) is 25.7 Å². The Kier molecular flexibility index (Phi) is 6.06.